The van der Waals surface area contributed by atoms with Crippen LogP contribution in [0.2, 0.25) is 0 Å². The van der Waals surface area contributed by atoms with E-state index in [0.717, 1.165) is 44.6 Å². The highest BCUT2D eigenvalue weighted by molar-refractivity contribution is 5.23. The second kappa shape index (κ2) is 8.06. The number of hydrogen-bond acceptors (Lipinski definition) is 4. The molecule has 0 atom stereocenters. The maximum Gasteiger partial charge on any atom is 0.266 e. The Morgan fingerprint density at radius 3 is 2.79 bits per heavy atom. The third-order valence-corrected chi connectivity index (χ3v) is 4.42. The van der Waals surface area contributed by atoms with Gasteiger partial charge in [0.05, 0.1) is 12.8 Å². The number of likely N-dealkylation sites (tertiary alicyclic amines) is 1. The Bertz CT molecular complexity index is 711. The van der Waals surface area contributed by atoms with Crippen molar-refractivity contribution in [1.82, 2.24) is 14.9 Å². The summed E-state index contributed by atoms with van der Waals surface area (Å²) in [7, 11) is 0. The van der Waals surface area contributed by atoms with Gasteiger partial charge >= 0.3 is 0 Å². The monoisotopic (exact) mass is 331 g/mol. The maximum atomic E-state index is 13.5. The number of nitrogens with one attached hydrogen (secondary N) is 1. The number of benzene rings is 1. The number of H-pyrrole nitrogens is 1. The molecule has 1 aliphatic rings. The molecular weight excluding hydrogens is 309 g/mol. The van der Waals surface area contributed by atoms with Crippen molar-refractivity contribution in [3.8, 4) is 5.75 Å². The van der Waals surface area contributed by atoms with Crippen LogP contribution in [-0.2, 0) is 6.42 Å². The molecule has 3 rings (SSSR count). The molecule has 1 aliphatic heterocycles. The summed E-state index contributed by atoms with van der Waals surface area (Å²) in [6, 6.07) is 6.53. The first kappa shape index (κ1) is 16.6. The highest BCUT2D eigenvalue weighted by atomic mass is 19.1. The van der Waals surface area contributed by atoms with Crippen LogP contribution >= 0.6 is 0 Å². The van der Waals surface area contributed by atoms with E-state index in [2.05, 4.69) is 14.9 Å². The van der Waals surface area contributed by atoms with Crippen molar-refractivity contribution in [1.29, 1.82) is 0 Å². The Hall–Kier alpha value is -2.21. The van der Waals surface area contributed by atoms with Crippen molar-refractivity contribution in [3.05, 3.63) is 58.5 Å². The first-order valence-corrected chi connectivity index (χ1v) is 8.33. The molecule has 5 nitrogen and oxygen atoms in total. The third-order valence-electron chi connectivity index (χ3n) is 4.42. The van der Waals surface area contributed by atoms with Gasteiger partial charge in [0.25, 0.3) is 5.56 Å². The molecule has 2 heterocycles. The fraction of sp³-hybridized carbons (Fsp3) is 0.444. The van der Waals surface area contributed by atoms with Crippen LogP contribution < -0.4 is 10.3 Å². The zero-order chi connectivity index (χ0) is 16.8. The van der Waals surface area contributed by atoms with E-state index < -0.39 is 0 Å². The lowest BCUT2D eigenvalue weighted by Crippen LogP contribution is -2.37. The Kier molecular flexibility index (Phi) is 5.59. The normalized spacial score (nSPS) is 16.2. The average molecular weight is 331 g/mol. The van der Waals surface area contributed by atoms with E-state index >= 15 is 0 Å². The summed E-state index contributed by atoms with van der Waals surface area (Å²) in [5.41, 5.74) is 0.712. The van der Waals surface area contributed by atoms with E-state index in [0.29, 0.717) is 18.3 Å². The Morgan fingerprint density at radius 2 is 2.04 bits per heavy atom. The highest BCUT2D eigenvalue weighted by Crippen LogP contribution is 2.21. The first-order valence-electron chi connectivity index (χ1n) is 8.33. The fourth-order valence-electron chi connectivity index (χ4n) is 2.97. The molecular formula is C18H22FN3O2. The summed E-state index contributed by atoms with van der Waals surface area (Å²) in [5, 5.41) is 0. The van der Waals surface area contributed by atoms with Crippen LogP contribution in [0.4, 0.5) is 4.39 Å². The van der Waals surface area contributed by atoms with Gasteiger partial charge in [-0.25, -0.2) is 4.39 Å². The molecule has 0 unspecified atom stereocenters. The smallest absolute Gasteiger partial charge is 0.266 e. The van der Waals surface area contributed by atoms with Gasteiger partial charge in [-0.2, -0.15) is 0 Å². The van der Waals surface area contributed by atoms with Crippen LogP contribution in [0, 0.1) is 11.7 Å². The number of aromatic nitrogens is 2. The van der Waals surface area contributed by atoms with Gasteiger partial charge in [-0.15, -0.1) is 0 Å². The molecule has 0 spiro atoms. The van der Waals surface area contributed by atoms with Crippen molar-refractivity contribution < 1.29 is 9.13 Å². The molecule has 1 fully saturated rings. The molecule has 0 bridgehead atoms. The number of aromatic amines is 1. The van der Waals surface area contributed by atoms with E-state index in [1.54, 1.807) is 24.4 Å². The topological polar surface area (TPSA) is 58.2 Å². The van der Waals surface area contributed by atoms with Crippen LogP contribution in [0.25, 0.3) is 0 Å². The predicted octanol–water partition coefficient (Wildman–Crippen LogP) is 2.24. The van der Waals surface area contributed by atoms with Gasteiger partial charge < -0.3 is 14.6 Å². The van der Waals surface area contributed by atoms with Crippen LogP contribution in [0.3, 0.4) is 0 Å². The molecule has 1 aromatic heterocycles. The second-order valence-corrected chi connectivity index (χ2v) is 6.20. The highest BCUT2D eigenvalue weighted by Gasteiger charge is 2.20. The van der Waals surface area contributed by atoms with Crippen molar-refractivity contribution in [3.63, 3.8) is 0 Å². The molecule has 2 aromatic rings. The van der Waals surface area contributed by atoms with E-state index in [4.69, 9.17) is 4.74 Å². The number of para-hydroxylation sites is 1. The van der Waals surface area contributed by atoms with Crippen LogP contribution in [0.1, 0.15) is 18.5 Å². The van der Waals surface area contributed by atoms with Gasteiger partial charge in [-0.05, 0) is 44.0 Å². The van der Waals surface area contributed by atoms with Crippen LogP contribution in [-0.4, -0.2) is 41.1 Å². The standard InChI is InChI=1S/C18H22FN3O2/c19-16-3-1-2-4-17(16)24-13-14-5-8-22(9-6-14)10-7-15-11-20-12-18(23)21-15/h1-4,11-12,14H,5-10,13H2,(H,21,23). The summed E-state index contributed by atoms with van der Waals surface area (Å²) in [4.78, 5) is 20.3. The maximum absolute atomic E-state index is 13.5. The van der Waals surface area contributed by atoms with Crippen LogP contribution in [0.15, 0.2) is 41.5 Å². The van der Waals surface area contributed by atoms with Gasteiger partial charge in [0.15, 0.2) is 11.6 Å². The lowest BCUT2D eigenvalue weighted by atomic mass is 9.97. The quantitative estimate of drug-likeness (QED) is 0.882. The molecule has 1 aromatic carbocycles. The van der Waals surface area contributed by atoms with Crippen molar-refractivity contribution in [2.75, 3.05) is 26.2 Å². The summed E-state index contributed by atoms with van der Waals surface area (Å²) in [6.07, 6.45) is 5.86. The third kappa shape index (κ3) is 4.64. The Balaban J connectivity index is 1.39. The van der Waals surface area contributed by atoms with Crippen molar-refractivity contribution >= 4 is 0 Å². The Morgan fingerprint density at radius 1 is 1.25 bits per heavy atom. The lowest BCUT2D eigenvalue weighted by molar-refractivity contribution is 0.140. The Labute approximate surface area is 140 Å². The summed E-state index contributed by atoms with van der Waals surface area (Å²) < 4.78 is 19.1. The van der Waals surface area contributed by atoms with Gasteiger partial charge in [0, 0.05) is 24.9 Å². The van der Waals surface area contributed by atoms with E-state index in [9.17, 15) is 9.18 Å². The summed E-state index contributed by atoms with van der Waals surface area (Å²) >= 11 is 0. The lowest BCUT2D eigenvalue weighted by Gasteiger charge is -2.31. The molecule has 0 saturated carbocycles. The minimum Gasteiger partial charge on any atom is -0.490 e. The van der Waals surface area contributed by atoms with Gasteiger partial charge in [-0.3, -0.25) is 9.78 Å². The zero-order valence-electron chi connectivity index (χ0n) is 13.6. The average Bonchev–Trinajstić information content (AvgIpc) is 2.60. The summed E-state index contributed by atoms with van der Waals surface area (Å²) in [6.45, 7) is 3.46. The SMILES string of the molecule is O=c1cncc(CCN2CCC(COc3ccccc3F)CC2)[nH]1. The minimum atomic E-state index is -0.305. The van der Waals surface area contributed by atoms with E-state index in [-0.39, 0.29) is 11.4 Å². The number of piperidine rings is 1. The molecule has 6 heteroatoms. The number of hydrogen-bond donors (Lipinski definition) is 1. The van der Waals surface area contributed by atoms with Gasteiger partial charge in [-0.1, -0.05) is 12.1 Å². The molecule has 0 aliphatic carbocycles. The number of ether oxygens (including phenoxy) is 1. The molecule has 24 heavy (non-hydrogen) atoms. The second-order valence-electron chi connectivity index (χ2n) is 6.20. The largest absolute Gasteiger partial charge is 0.490 e. The minimum absolute atomic E-state index is 0.156. The van der Waals surface area contributed by atoms with E-state index in [1.807, 2.05) is 0 Å². The van der Waals surface area contributed by atoms with Crippen molar-refractivity contribution in [2.24, 2.45) is 5.92 Å². The van der Waals surface area contributed by atoms with E-state index in [1.165, 1.54) is 12.3 Å². The zero-order valence-corrected chi connectivity index (χ0v) is 13.6. The first-order chi connectivity index (χ1) is 11.7. The van der Waals surface area contributed by atoms with Crippen molar-refractivity contribution in [2.45, 2.75) is 19.3 Å². The molecule has 1 N–H and O–H groups in total. The molecule has 0 amide bonds. The fourth-order valence-corrected chi connectivity index (χ4v) is 2.97. The molecule has 1 saturated heterocycles. The molecule has 128 valence electrons. The molecule has 0 radical (unpaired) electrons. The van der Waals surface area contributed by atoms with Crippen LogP contribution in [0.5, 0.6) is 5.75 Å². The predicted molar refractivity (Wildman–Crippen MR) is 89.6 cm³/mol. The van der Waals surface area contributed by atoms with Gasteiger partial charge in [0.2, 0.25) is 0 Å². The van der Waals surface area contributed by atoms with Gasteiger partial charge in [0.1, 0.15) is 0 Å². The number of rotatable bonds is 6. The number of halogens is 1. The number of nitrogens with zero attached hydrogens (tertiary/aromatic N) is 2. The summed E-state index contributed by atoms with van der Waals surface area (Å²) in [5.74, 6) is 0.486.